The van der Waals surface area contributed by atoms with Gasteiger partial charge in [-0.15, -0.1) is 0 Å². The van der Waals surface area contributed by atoms with Crippen molar-refractivity contribution in [2.45, 2.75) is 45.1 Å². The van der Waals surface area contributed by atoms with Gasteiger partial charge in [-0.1, -0.05) is 0 Å². The van der Waals surface area contributed by atoms with Crippen LogP contribution >= 0.6 is 0 Å². The number of piperidine rings is 1. The summed E-state index contributed by atoms with van der Waals surface area (Å²) in [6, 6.07) is 4.49. The van der Waals surface area contributed by atoms with Crippen LogP contribution in [0.15, 0.2) is 18.2 Å². The first-order valence-corrected chi connectivity index (χ1v) is 9.42. The Hall–Kier alpha value is -1.99. The Balaban J connectivity index is 1.53. The molecule has 2 aliphatic rings. The highest BCUT2D eigenvalue weighted by molar-refractivity contribution is 5.93. The van der Waals surface area contributed by atoms with Crippen LogP contribution in [0.2, 0.25) is 0 Å². The van der Waals surface area contributed by atoms with Crippen LogP contribution < -0.4 is 5.32 Å². The topological polar surface area (TPSA) is 84.7 Å². The lowest BCUT2D eigenvalue weighted by molar-refractivity contribution is -0.384. The second-order valence-electron chi connectivity index (χ2n) is 7.35. The van der Waals surface area contributed by atoms with Crippen molar-refractivity contribution < 1.29 is 14.5 Å². The summed E-state index contributed by atoms with van der Waals surface area (Å²) in [5.74, 6) is 0.435. The maximum atomic E-state index is 12.4. The number of carbonyl (C=O) groups excluding carboxylic acids is 1. The monoisotopic (exact) mass is 361 g/mol. The van der Waals surface area contributed by atoms with E-state index in [-0.39, 0.29) is 11.6 Å². The fourth-order valence-electron chi connectivity index (χ4n) is 3.97. The second kappa shape index (κ2) is 8.60. The van der Waals surface area contributed by atoms with E-state index in [0.717, 1.165) is 39.0 Å². The number of aryl methyl sites for hydroxylation is 1. The van der Waals surface area contributed by atoms with Crippen LogP contribution in [0, 0.1) is 23.0 Å². The van der Waals surface area contributed by atoms with Crippen molar-refractivity contribution in [2.75, 3.05) is 31.6 Å². The first-order valence-electron chi connectivity index (χ1n) is 9.42. The predicted molar refractivity (Wildman–Crippen MR) is 99.2 cm³/mol. The maximum absolute atomic E-state index is 12.4. The van der Waals surface area contributed by atoms with E-state index in [4.69, 9.17) is 4.74 Å². The molecule has 1 amide bonds. The molecule has 3 rings (SSSR count). The van der Waals surface area contributed by atoms with Crippen molar-refractivity contribution in [2.24, 2.45) is 5.92 Å². The van der Waals surface area contributed by atoms with Crippen molar-refractivity contribution in [3.8, 4) is 0 Å². The van der Waals surface area contributed by atoms with Crippen molar-refractivity contribution >= 4 is 17.3 Å². The summed E-state index contributed by atoms with van der Waals surface area (Å²) in [6.07, 6.45) is 6.13. The van der Waals surface area contributed by atoms with E-state index in [1.54, 1.807) is 13.0 Å². The molecular formula is C19H27N3O4. The van der Waals surface area contributed by atoms with E-state index >= 15 is 0 Å². The molecule has 2 fully saturated rings. The van der Waals surface area contributed by atoms with Gasteiger partial charge in [0, 0.05) is 31.0 Å². The summed E-state index contributed by atoms with van der Waals surface area (Å²) in [6.45, 7) is 4.80. The van der Waals surface area contributed by atoms with E-state index < -0.39 is 4.92 Å². The molecule has 1 N–H and O–H groups in total. The first kappa shape index (κ1) is 18.8. The summed E-state index contributed by atoms with van der Waals surface area (Å²) in [4.78, 5) is 25.0. The number of nitro benzene ring substituents is 1. The number of carbonyl (C=O) groups is 1. The highest BCUT2D eigenvalue weighted by Gasteiger charge is 2.29. The van der Waals surface area contributed by atoms with Gasteiger partial charge in [0.25, 0.3) is 5.69 Å². The molecular weight excluding hydrogens is 334 g/mol. The average molecular weight is 361 g/mol. The smallest absolute Gasteiger partial charge is 0.269 e. The van der Waals surface area contributed by atoms with Crippen molar-refractivity contribution in [3.05, 3.63) is 33.9 Å². The Morgan fingerprint density at radius 1 is 1.35 bits per heavy atom. The zero-order chi connectivity index (χ0) is 18.5. The lowest BCUT2D eigenvalue weighted by atomic mass is 9.88. The number of nitrogens with one attached hydrogen (secondary N) is 1. The van der Waals surface area contributed by atoms with Gasteiger partial charge in [-0.3, -0.25) is 19.8 Å². The molecule has 7 nitrogen and oxygen atoms in total. The van der Waals surface area contributed by atoms with Gasteiger partial charge in [-0.2, -0.15) is 0 Å². The summed E-state index contributed by atoms with van der Waals surface area (Å²) in [7, 11) is 0. The number of nitrogens with zero attached hydrogens (tertiary/aromatic N) is 2. The Labute approximate surface area is 153 Å². The van der Waals surface area contributed by atoms with Crippen molar-refractivity contribution in [1.82, 2.24) is 4.90 Å². The molecule has 0 radical (unpaired) electrons. The lowest BCUT2D eigenvalue weighted by Crippen LogP contribution is -2.45. The molecule has 0 aromatic heterocycles. The first-order chi connectivity index (χ1) is 12.5. The van der Waals surface area contributed by atoms with Gasteiger partial charge in [0.1, 0.15) is 0 Å². The van der Waals surface area contributed by atoms with Crippen LogP contribution in [-0.4, -0.2) is 48.1 Å². The molecule has 2 saturated heterocycles. The molecule has 0 saturated carbocycles. The number of anilines is 1. The maximum Gasteiger partial charge on any atom is 0.269 e. The Kier molecular flexibility index (Phi) is 6.21. The van der Waals surface area contributed by atoms with E-state index in [9.17, 15) is 14.9 Å². The SMILES string of the molecule is Cc1cc([N+](=O)[O-])ccc1NC(=O)CN1CCCC(C2CCCCO2)C1. The number of nitro groups is 1. The van der Waals surface area contributed by atoms with Crippen LogP contribution in [0.5, 0.6) is 0 Å². The fourth-order valence-corrected chi connectivity index (χ4v) is 3.97. The number of hydrogen-bond donors (Lipinski definition) is 1. The number of rotatable bonds is 5. The molecule has 26 heavy (non-hydrogen) atoms. The molecule has 2 heterocycles. The fraction of sp³-hybridized carbons (Fsp3) is 0.632. The predicted octanol–water partition coefficient (Wildman–Crippen LogP) is 3.12. The average Bonchev–Trinajstić information content (AvgIpc) is 2.64. The minimum Gasteiger partial charge on any atom is -0.378 e. The highest BCUT2D eigenvalue weighted by Crippen LogP contribution is 2.27. The molecule has 2 unspecified atom stereocenters. The van der Waals surface area contributed by atoms with Crippen LogP contribution in [0.25, 0.3) is 0 Å². The zero-order valence-electron chi connectivity index (χ0n) is 15.3. The van der Waals surface area contributed by atoms with Crippen molar-refractivity contribution in [1.29, 1.82) is 0 Å². The van der Waals surface area contributed by atoms with E-state index in [1.165, 1.54) is 25.0 Å². The molecule has 0 spiro atoms. The van der Waals surface area contributed by atoms with Gasteiger partial charge in [-0.25, -0.2) is 0 Å². The van der Waals surface area contributed by atoms with Gasteiger partial charge in [0.05, 0.1) is 17.6 Å². The van der Waals surface area contributed by atoms with Gasteiger partial charge in [0.15, 0.2) is 0 Å². The van der Waals surface area contributed by atoms with E-state index in [1.807, 2.05) is 0 Å². The lowest BCUT2D eigenvalue weighted by Gasteiger charge is -2.38. The summed E-state index contributed by atoms with van der Waals surface area (Å²) in [5.41, 5.74) is 1.36. The van der Waals surface area contributed by atoms with Gasteiger partial charge in [0.2, 0.25) is 5.91 Å². The molecule has 2 aliphatic heterocycles. The zero-order valence-corrected chi connectivity index (χ0v) is 15.3. The Morgan fingerprint density at radius 2 is 2.19 bits per heavy atom. The molecule has 0 aliphatic carbocycles. The van der Waals surface area contributed by atoms with E-state index in [0.29, 0.717) is 29.8 Å². The van der Waals surface area contributed by atoms with Crippen molar-refractivity contribution in [3.63, 3.8) is 0 Å². The number of ether oxygens (including phenoxy) is 1. The standard InChI is InChI=1S/C19H27N3O4/c1-14-11-16(22(24)25)7-8-17(14)20-19(23)13-21-9-4-5-15(12-21)18-6-2-3-10-26-18/h7-8,11,15,18H,2-6,9-10,12-13H2,1H3,(H,20,23). The molecule has 1 aromatic carbocycles. The van der Waals surface area contributed by atoms with Gasteiger partial charge in [-0.05, 0) is 63.1 Å². The summed E-state index contributed by atoms with van der Waals surface area (Å²) >= 11 is 0. The number of benzene rings is 1. The minimum absolute atomic E-state index is 0.0341. The third kappa shape index (κ3) is 4.80. The van der Waals surface area contributed by atoms with Crippen LogP contribution in [-0.2, 0) is 9.53 Å². The van der Waals surface area contributed by atoms with Gasteiger partial charge < -0.3 is 10.1 Å². The number of amides is 1. The molecule has 7 heteroatoms. The third-order valence-corrected chi connectivity index (χ3v) is 5.34. The molecule has 2 atom stereocenters. The normalized spacial score (nSPS) is 24.2. The van der Waals surface area contributed by atoms with Crippen LogP contribution in [0.4, 0.5) is 11.4 Å². The molecule has 142 valence electrons. The van der Waals surface area contributed by atoms with Crippen LogP contribution in [0.1, 0.15) is 37.7 Å². The number of hydrogen-bond acceptors (Lipinski definition) is 5. The summed E-state index contributed by atoms with van der Waals surface area (Å²) < 4.78 is 5.93. The third-order valence-electron chi connectivity index (χ3n) is 5.34. The minimum atomic E-state index is -0.431. The molecule has 1 aromatic rings. The Morgan fingerprint density at radius 3 is 2.88 bits per heavy atom. The highest BCUT2D eigenvalue weighted by atomic mass is 16.6. The Bertz CT molecular complexity index is 658. The van der Waals surface area contributed by atoms with Gasteiger partial charge >= 0.3 is 0 Å². The largest absolute Gasteiger partial charge is 0.378 e. The molecule has 0 bridgehead atoms. The number of non-ortho nitro benzene ring substituents is 1. The number of likely N-dealkylation sites (tertiary alicyclic amines) is 1. The second-order valence-corrected chi connectivity index (χ2v) is 7.35. The quantitative estimate of drug-likeness (QED) is 0.643. The van der Waals surface area contributed by atoms with E-state index in [2.05, 4.69) is 10.2 Å². The van der Waals surface area contributed by atoms with Crippen LogP contribution in [0.3, 0.4) is 0 Å². The summed E-state index contributed by atoms with van der Waals surface area (Å²) in [5, 5.41) is 13.7.